The van der Waals surface area contributed by atoms with E-state index < -0.39 is 0 Å². The van der Waals surface area contributed by atoms with Crippen molar-refractivity contribution in [2.75, 3.05) is 13.1 Å². The van der Waals surface area contributed by atoms with Crippen LogP contribution in [-0.2, 0) is 26.1 Å². The molecular weight excluding hydrogens is 236 g/mol. The fourth-order valence-electron chi connectivity index (χ4n) is 2.59. The molecule has 3 rings (SSSR count). The maximum Gasteiger partial charge on any atom is 0.122 e. The molecule has 19 heavy (non-hydrogen) atoms. The Labute approximate surface area is 113 Å². The number of fused-ring (bicyclic) bond motifs is 1. The minimum absolute atomic E-state index is 0.716. The molecule has 1 aliphatic heterocycles. The third kappa shape index (κ3) is 2.85. The Morgan fingerprint density at radius 1 is 1.11 bits per heavy atom. The Morgan fingerprint density at radius 3 is 2.68 bits per heavy atom. The number of imidazole rings is 1. The molecule has 1 aliphatic rings. The average molecular weight is 256 g/mol. The molecule has 0 aliphatic carbocycles. The fraction of sp³-hybridized carbons (Fsp3) is 0.400. The van der Waals surface area contributed by atoms with E-state index in [4.69, 9.17) is 5.73 Å². The van der Waals surface area contributed by atoms with E-state index in [0.717, 1.165) is 32.6 Å². The van der Waals surface area contributed by atoms with Crippen LogP contribution in [-0.4, -0.2) is 27.5 Å². The summed E-state index contributed by atoms with van der Waals surface area (Å²) in [7, 11) is 0. The molecule has 2 N–H and O–H groups in total. The van der Waals surface area contributed by atoms with Gasteiger partial charge in [-0.15, -0.1) is 0 Å². The lowest BCUT2D eigenvalue weighted by molar-refractivity contribution is 0.209. The van der Waals surface area contributed by atoms with Crippen LogP contribution in [0.3, 0.4) is 0 Å². The van der Waals surface area contributed by atoms with Crippen molar-refractivity contribution in [2.24, 2.45) is 5.73 Å². The van der Waals surface area contributed by atoms with Gasteiger partial charge in [0.1, 0.15) is 5.82 Å². The van der Waals surface area contributed by atoms with Gasteiger partial charge in [-0.25, -0.2) is 4.98 Å². The van der Waals surface area contributed by atoms with Crippen LogP contribution in [0.25, 0.3) is 0 Å². The lowest BCUT2D eigenvalue weighted by atomic mass is 10.1. The molecule has 0 bridgehead atoms. The van der Waals surface area contributed by atoms with Crippen LogP contribution in [0.2, 0.25) is 0 Å². The summed E-state index contributed by atoms with van der Waals surface area (Å²) in [5.74, 6) is 1.17. The Morgan fingerprint density at radius 2 is 1.89 bits per heavy atom. The summed E-state index contributed by atoms with van der Waals surface area (Å²) < 4.78 is 2.24. The zero-order chi connectivity index (χ0) is 13.1. The standard InChI is InChI=1S/C15H20N4/c16-6-5-13-1-3-14(4-2-13)11-18-9-10-19-8-7-17-15(19)12-18/h1-4,7-8H,5-6,9-12,16H2. The highest BCUT2D eigenvalue weighted by Crippen LogP contribution is 2.14. The van der Waals surface area contributed by atoms with Gasteiger partial charge in [0.05, 0.1) is 6.54 Å². The number of aromatic nitrogens is 2. The zero-order valence-corrected chi connectivity index (χ0v) is 11.1. The van der Waals surface area contributed by atoms with E-state index in [1.807, 2.05) is 6.20 Å². The van der Waals surface area contributed by atoms with E-state index in [9.17, 15) is 0 Å². The van der Waals surface area contributed by atoms with Gasteiger partial charge in [0.25, 0.3) is 0 Å². The third-order valence-electron chi connectivity index (χ3n) is 3.69. The second-order valence-electron chi connectivity index (χ2n) is 5.10. The summed E-state index contributed by atoms with van der Waals surface area (Å²) in [4.78, 5) is 6.84. The molecule has 2 aromatic rings. The third-order valence-corrected chi connectivity index (χ3v) is 3.69. The monoisotopic (exact) mass is 256 g/mol. The number of benzene rings is 1. The van der Waals surface area contributed by atoms with E-state index in [1.54, 1.807) is 0 Å². The number of nitrogens with two attached hydrogens (primary N) is 1. The molecule has 1 aromatic carbocycles. The molecule has 0 fully saturated rings. The topological polar surface area (TPSA) is 47.1 Å². The summed E-state index contributed by atoms with van der Waals surface area (Å²) in [5, 5.41) is 0. The summed E-state index contributed by atoms with van der Waals surface area (Å²) in [6.45, 7) is 4.79. The minimum Gasteiger partial charge on any atom is -0.333 e. The van der Waals surface area contributed by atoms with Gasteiger partial charge in [0.15, 0.2) is 0 Å². The maximum absolute atomic E-state index is 5.57. The number of nitrogens with zero attached hydrogens (tertiary/aromatic N) is 3. The second-order valence-corrected chi connectivity index (χ2v) is 5.10. The van der Waals surface area contributed by atoms with Gasteiger partial charge in [-0.3, -0.25) is 4.90 Å². The van der Waals surface area contributed by atoms with Gasteiger partial charge in [-0.2, -0.15) is 0 Å². The van der Waals surface area contributed by atoms with E-state index in [0.29, 0.717) is 6.54 Å². The van der Waals surface area contributed by atoms with Crippen molar-refractivity contribution in [1.82, 2.24) is 14.5 Å². The van der Waals surface area contributed by atoms with Crippen LogP contribution in [0, 0.1) is 0 Å². The highest BCUT2D eigenvalue weighted by atomic mass is 15.2. The normalized spacial score (nSPS) is 15.4. The summed E-state index contributed by atoms with van der Waals surface area (Å²) in [6, 6.07) is 8.80. The Hall–Kier alpha value is -1.65. The molecule has 0 amide bonds. The first-order valence-electron chi connectivity index (χ1n) is 6.85. The largest absolute Gasteiger partial charge is 0.333 e. The number of hydrogen-bond donors (Lipinski definition) is 1. The van der Waals surface area contributed by atoms with Gasteiger partial charge in [-0.05, 0) is 24.1 Å². The van der Waals surface area contributed by atoms with Gasteiger partial charge in [-0.1, -0.05) is 24.3 Å². The van der Waals surface area contributed by atoms with Crippen LogP contribution in [0.5, 0.6) is 0 Å². The van der Waals surface area contributed by atoms with E-state index in [1.165, 1.54) is 17.0 Å². The van der Waals surface area contributed by atoms with Crippen molar-refractivity contribution >= 4 is 0 Å². The fourth-order valence-corrected chi connectivity index (χ4v) is 2.59. The van der Waals surface area contributed by atoms with E-state index >= 15 is 0 Å². The van der Waals surface area contributed by atoms with Gasteiger partial charge in [0.2, 0.25) is 0 Å². The van der Waals surface area contributed by atoms with Gasteiger partial charge in [0, 0.05) is 32.0 Å². The van der Waals surface area contributed by atoms with E-state index in [-0.39, 0.29) is 0 Å². The van der Waals surface area contributed by atoms with Crippen LogP contribution < -0.4 is 5.73 Å². The van der Waals surface area contributed by atoms with Crippen molar-refractivity contribution in [3.8, 4) is 0 Å². The molecule has 4 nitrogen and oxygen atoms in total. The smallest absolute Gasteiger partial charge is 0.122 e. The lowest BCUT2D eigenvalue weighted by Gasteiger charge is -2.27. The SMILES string of the molecule is NCCc1ccc(CN2CCn3ccnc3C2)cc1. The molecule has 4 heteroatoms. The molecule has 100 valence electrons. The first-order valence-corrected chi connectivity index (χ1v) is 6.85. The van der Waals surface area contributed by atoms with Crippen molar-refractivity contribution in [1.29, 1.82) is 0 Å². The van der Waals surface area contributed by atoms with Crippen LogP contribution in [0.15, 0.2) is 36.7 Å². The van der Waals surface area contributed by atoms with Crippen LogP contribution in [0.4, 0.5) is 0 Å². The Bertz CT molecular complexity index is 529. The van der Waals surface area contributed by atoms with Crippen molar-refractivity contribution in [3.63, 3.8) is 0 Å². The summed E-state index contributed by atoms with van der Waals surface area (Å²) in [5.41, 5.74) is 8.25. The molecule has 0 saturated carbocycles. The number of rotatable bonds is 4. The molecule has 0 atom stereocenters. The maximum atomic E-state index is 5.57. The van der Waals surface area contributed by atoms with Crippen molar-refractivity contribution < 1.29 is 0 Å². The molecule has 0 unspecified atom stereocenters. The zero-order valence-electron chi connectivity index (χ0n) is 11.1. The van der Waals surface area contributed by atoms with Crippen molar-refractivity contribution in [3.05, 3.63) is 53.6 Å². The highest BCUT2D eigenvalue weighted by molar-refractivity contribution is 5.22. The molecule has 0 radical (unpaired) electrons. The van der Waals surface area contributed by atoms with Gasteiger partial charge >= 0.3 is 0 Å². The quantitative estimate of drug-likeness (QED) is 0.899. The lowest BCUT2D eigenvalue weighted by Crippen LogP contribution is -2.33. The van der Waals surface area contributed by atoms with Crippen molar-refractivity contribution in [2.45, 2.75) is 26.1 Å². The van der Waals surface area contributed by atoms with Crippen LogP contribution >= 0.6 is 0 Å². The predicted molar refractivity (Wildman–Crippen MR) is 75.5 cm³/mol. The summed E-state index contributed by atoms with van der Waals surface area (Å²) >= 11 is 0. The van der Waals surface area contributed by atoms with Crippen LogP contribution in [0.1, 0.15) is 17.0 Å². The summed E-state index contributed by atoms with van der Waals surface area (Å²) in [6.07, 6.45) is 4.91. The minimum atomic E-state index is 0.716. The first-order chi connectivity index (χ1) is 9.35. The molecular formula is C15H20N4. The predicted octanol–water partition coefficient (Wildman–Crippen LogP) is 1.40. The average Bonchev–Trinajstić information content (AvgIpc) is 2.89. The number of hydrogen-bond acceptors (Lipinski definition) is 3. The first kappa shape index (κ1) is 12.4. The molecule has 1 aromatic heterocycles. The molecule has 0 spiro atoms. The second kappa shape index (κ2) is 5.55. The molecule has 2 heterocycles. The molecule has 0 saturated heterocycles. The Kier molecular flexibility index (Phi) is 3.62. The highest BCUT2D eigenvalue weighted by Gasteiger charge is 2.16. The van der Waals surface area contributed by atoms with Gasteiger partial charge < -0.3 is 10.3 Å². The van der Waals surface area contributed by atoms with E-state index in [2.05, 4.69) is 44.9 Å². The Balaban J connectivity index is 1.63.